The number of carbonyl (C=O) groups excluding carboxylic acids is 1. The molecule has 7 nitrogen and oxygen atoms in total. The molecule has 0 aromatic heterocycles. The van der Waals surface area contributed by atoms with Crippen molar-refractivity contribution in [1.82, 2.24) is 10.6 Å². The highest BCUT2D eigenvalue weighted by Crippen LogP contribution is 2.10. The highest BCUT2D eigenvalue weighted by atomic mass is 16.5. The summed E-state index contributed by atoms with van der Waals surface area (Å²) in [5, 5.41) is 22.1. The smallest absolute Gasteiger partial charge is 0.322 e. The van der Waals surface area contributed by atoms with Gasteiger partial charge in [0.1, 0.15) is 18.2 Å². The highest BCUT2D eigenvalue weighted by Gasteiger charge is 2.15. The molecule has 18 heavy (non-hydrogen) atoms. The molecule has 1 aliphatic heterocycles. The minimum absolute atomic E-state index is 0.100. The van der Waals surface area contributed by atoms with Crippen LogP contribution < -0.4 is 10.6 Å². The Morgan fingerprint density at radius 2 is 2.33 bits per heavy atom. The van der Waals surface area contributed by atoms with Crippen LogP contribution in [-0.4, -0.2) is 42.8 Å². The molecule has 1 atom stereocenters. The van der Waals surface area contributed by atoms with Crippen LogP contribution >= 0.6 is 0 Å². The molecule has 3 N–H and O–H groups in total. The predicted octanol–water partition coefficient (Wildman–Crippen LogP) is -0.637. The first-order valence-electron chi connectivity index (χ1n) is 5.58. The molecule has 1 unspecified atom stereocenters. The van der Waals surface area contributed by atoms with Gasteiger partial charge in [0.2, 0.25) is 0 Å². The second-order valence-electron chi connectivity index (χ2n) is 3.79. The van der Waals surface area contributed by atoms with Crippen molar-refractivity contribution < 1.29 is 19.4 Å². The zero-order valence-corrected chi connectivity index (χ0v) is 9.81. The molecule has 0 radical (unpaired) electrons. The highest BCUT2D eigenvalue weighted by molar-refractivity contribution is 5.98. The number of ether oxygens (including phenoxy) is 1. The van der Waals surface area contributed by atoms with E-state index in [9.17, 15) is 9.59 Å². The lowest BCUT2D eigenvalue weighted by Crippen LogP contribution is -2.31. The van der Waals surface area contributed by atoms with Gasteiger partial charge in [-0.15, -0.1) is 0 Å². The number of hydrogen-bond donors (Lipinski definition) is 3. The summed E-state index contributed by atoms with van der Waals surface area (Å²) in [6, 6.07) is 1.70. The normalized spacial score (nSPS) is 19.1. The zero-order chi connectivity index (χ0) is 13.4. The van der Waals surface area contributed by atoms with E-state index in [2.05, 4.69) is 10.6 Å². The van der Waals surface area contributed by atoms with E-state index >= 15 is 0 Å². The fourth-order valence-corrected chi connectivity index (χ4v) is 1.50. The monoisotopic (exact) mass is 253 g/mol. The number of rotatable bonds is 6. The van der Waals surface area contributed by atoms with Crippen molar-refractivity contribution >= 4 is 11.9 Å². The molecule has 0 spiro atoms. The number of carboxylic acids is 1. The molecule has 1 fully saturated rings. The number of nitriles is 1. The number of hydrogen-bond acceptors (Lipinski definition) is 5. The van der Waals surface area contributed by atoms with E-state index in [1.165, 1.54) is 6.20 Å². The Kier molecular flexibility index (Phi) is 5.67. The maximum Gasteiger partial charge on any atom is 0.322 e. The van der Waals surface area contributed by atoms with Crippen LogP contribution in [0.5, 0.6) is 0 Å². The minimum atomic E-state index is -1.16. The topological polar surface area (TPSA) is 111 Å². The Labute approximate surface area is 104 Å². The van der Waals surface area contributed by atoms with Crippen LogP contribution in [0.2, 0.25) is 0 Å². The van der Waals surface area contributed by atoms with Crippen LogP contribution in [0.4, 0.5) is 0 Å². The van der Waals surface area contributed by atoms with Crippen molar-refractivity contribution in [2.75, 3.05) is 19.7 Å². The van der Waals surface area contributed by atoms with Gasteiger partial charge in [0.05, 0.1) is 6.10 Å². The van der Waals surface area contributed by atoms with Gasteiger partial charge in [0.15, 0.2) is 0 Å². The standard InChI is InChI=1S/C11H15N3O4/c12-4-8(11(17)14-7-10(15)16)5-13-6-9-2-1-3-18-9/h5,9,13H,1-3,6-7H2,(H,14,17)(H,15,16)/b8-5-. The number of nitrogens with zero attached hydrogens (tertiary/aromatic N) is 1. The van der Waals surface area contributed by atoms with E-state index in [1.807, 2.05) is 0 Å². The van der Waals surface area contributed by atoms with E-state index in [4.69, 9.17) is 15.1 Å². The molecule has 1 amide bonds. The third kappa shape index (κ3) is 4.84. The van der Waals surface area contributed by atoms with Gasteiger partial charge in [-0.05, 0) is 12.8 Å². The van der Waals surface area contributed by atoms with Gasteiger partial charge < -0.3 is 20.5 Å². The van der Waals surface area contributed by atoms with Crippen LogP contribution in [0, 0.1) is 11.3 Å². The van der Waals surface area contributed by atoms with Crippen LogP contribution in [0.1, 0.15) is 12.8 Å². The molecule has 1 rings (SSSR count). The van der Waals surface area contributed by atoms with Crippen molar-refractivity contribution in [2.24, 2.45) is 0 Å². The first kappa shape index (κ1) is 14.0. The number of carbonyl (C=O) groups is 2. The molecule has 0 aromatic carbocycles. The van der Waals surface area contributed by atoms with Gasteiger partial charge >= 0.3 is 5.97 Å². The quantitative estimate of drug-likeness (QED) is 0.429. The van der Waals surface area contributed by atoms with Gasteiger partial charge in [-0.3, -0.25) is 9.59 Å². The summed E-state index contributed by atoms with van der Waals surface area (Å²) in [7, 11) is 0. The average Bonchev–Trinajstić information content (AvgIpc) is 2.84. The Morgan fingerprint density at radius 1 is 1.56 bits per heavy atom. The van der Waals surface area contributed by atoms with Gasteiger partial charge in [-0.1, -0.05) is 0 Å². The lowest BCUT2D eigenvalue weighted by Gasteiger charge is -2.08. The minimum Gasteiger partial charge on any atom is -0.480 e. The Bertz CT molecular complexity index is 380. The largest absolute Gasteiger partial charge is 0.480 e. The molecule has 98 valence electrons. The maximum atomic E-state index is 11.4. The summed E-state index contributed by atoms with van der Waals surface area (Å²) in [5.74, 6) is -1.87. The van der Waals surface area contributed by atoms with Crippen LogP contribution in [0.15, 0.2) is 11.8 Å². The number of nitrogens with one attached hydrogen (secondary N) is 2. The predicted molar refractivity (Wildman–Crippen MR) is 61.3 cm³/mol. The Morgan fingerprint density at radius 3 is 2.89 bits per heavy atom. The molecule has 1 heterocycles. The third-order valence-electron chi connectivity index (χ3n) is 2.38. The Balaban J connectivity index is 2.36. The summed E-state index contributed by atoms with van der Waals surface area (Å²) >= 11 is 0. The summed E-state index contributed by atoms with van der Waals surface area (Å²) in [6.45, 7) is 0.751. The fraction of sp³-hybridized carbons (Fsp3) is 0.545. The van der Waals surface area contributed by atoms with Gasteiger partial charge in [0, 0.05) is 19.4 Å². The molecule has 1 saturated heterocycles. The average molecular weight is 253 g/mol. The molecule has 1 aliphatic rings. The molecule has 0 aliphatic carbocycles. The summed E-state index contributed by atoms with van der Waals surface area (Å²) < 4.78 is 5.35. The van der Waals surface area contributed by atoms with E-state index in [-0.39, 0.29) is 11.7 Å². The van der Waals surface area contributed by atoms with E-state index in [1.54, 1.807) is 6.07 Å². The fourth-order valence-electron chi connectivity index (χ4n) is 1.50. The molecule has 7 heteroatoms. The molecular formula is C11H15N3O4. The second kappa shape index (κ2) is 7.29. The van der Waals surface area contributed by atoms with E-state index in [0.717, 1.165) is 19.4 Å². The SMILES string of the molecule is N#C/C(=C/NCC1CCCO1)C(=O)NCC(=O)O. The second-order valence-corrected chi connectivity index (χ2v) is 3.79. The van der Waals surface area contributed by atoms with E-state index < -0.39 is 18.4 Å². The number of amides is 1. The van der Waals surface area contributed by atoms with Crippen LogP contribution in [0.25, 0.3) is 0 Å². The maximum absolute atomic E-state index is 11.4. The summed E-state index contributed by atoms with van der Waals surface area (Å²) in [5.41, 5.74) is -0.158. The first-order chi connectivity index (χ1) is 8.63. The first-order valence-corrected chi connectivity index (χ1v) is 5.58. The van der Waals surface area contributed by atoms with Crippen molar-refractivity contribution in [3.8, 4) is 6.07 Å². The van der Waals surface area contributed by atoms with Gasteiger partial charge in [0.25, 0.3) is 5.91 Å². The van der Waals surface area contributed by atoms with Crippen LogP contribution in [0.3, 0.4) is 0 Å². The van der Waals surface area contributed by atoms with Crippen molar-refractivity contribution in [3.05, 3.63) is 11.8 Å². The Hall–Kier alpha value is -2.07. The summed E-state index contributed by atoms with van der Waals surface area (Å²) in [6.07, 6.45) is 3.34. The molecular weight excluding hydrogens is 238 g/mol. The van der Waals surface area contributed by atoms with Gasteiger partial charge in [-0.25, -0.2) is 0 Å². The van der Waals surface area contributed by atoms with Crippen molar-refractivity contribution in [3.63, 3.8) is 0 Å². The molecule has 0 saturated carbocycles. The molecule has 0 aromatic rings. The van der Waals surface area contributed by atoms with Gasteiger partial charge in [-0.2, -0.15) is 5.26 Å². The number of carboxylic acid groups (broad SMARTS) is 1. The van der Waals surface area contributed by atoms with E-state index in [0.29, 0.717) is 6.54 Å². The summed E-state index contributed by atoms with van der Waals surface area (Å²) in [4.78, 5) is 21.6. The van der Waals surface area contributed by atoms with Crippen LogP contribution in [-0.2, 0) is 14.3 Å². The molecule has 0 bridgehead atoms. The lowest BCUT2D eigenvalue weighted by atomic mass is 10.2. The third-order valence-corrected chi connectivity index (χ3v) is 2.38. The number of aliphatic carboxylic acids is 1. The zero-order valence-electron chi connectivity index (χ0n) is 9.81. The van der Waals surface area contributed by atoms with Crippen molar-refractivity contribution in [2.45, 2.75) is 18.9 Å². The lowest BCUT2D eigenvalue weighted by molar-refractivity contribution is -0.137. The van der Waals surface area contributed by atoms with Crippen molar-refractivity contribution in [1.29, 1.82) is 5.26 Å².